The van der Waals surface area contributed by atoms with Gasteiger partial charge in [-0.1, -0.05) is 0 Å². The molecular weight excluding hydrogens is 542 g/mol. The number of imidazole rings is 1. The summed E-state index contributed by atoms with van der Waals surface area (Å²) in [6.07, 6.45) is -3.92. The number of nitrogens with two attached hydrogens (primary N) is 2. The highest BCUT2D eigenvalue weighted by atomic mass is 19.3. The topological polar surface area (TPSA) is 132 Å². The van der Waals surface area contributed by atoms with Gasteiger partial charge in [-0.25, -0.2) is 41.3 Å². The van der Waals surface area contributed by atoms with Crippen LogP contribution in [0.25, 0.3) is 22.4 Å². The Bertz CT molecular complexity index is 1550. The molecule has 0 bridgehead atoms. The van der Waals surface area contributed by atoms with E-state index < -0.39 is 47.3 Å². The van der Waals surface area contributed by atoms with Crippen LogP contribution in [0.5, 0.6) is 0 Å². The van der Waals surface area contributed by atoms with E-state index in [-0.39, 0.29) is 31.0 Å². The first kappa shape index (κ1) is 27.6. The number of halogens is 6. The van der Waals surface area contributed by atoms with E-state index >= 15 is 4.39 Å². The van der Waals surface area contributed by atoms with Crippen molar-refractivity contribution in [1.29, 1.82) is 0 Å². The Kier molecular flexibility index (Phi) is 7.27. The van der Waals surface area contributed by atoms with Crippen LogP contribution in [0.15, 0.2) is 37.1 Å². The van der Waals surface area contributed by atoms with Crippen molar-refractivity contribution < 1.29 is 31.4 Å². The molecule has 0 amide bonds. The number of benzene rings is 1. The maximum Gasteiger partial charge on any atom is 0.266 e. The zero-order valence-corrected chi connectivity index (χ0v) is 20.8. The highest BCUT2D eigenvalue weighted by molar-refractivity contribution is 5.81. The summed E-state index contributed by atoms with van der Waals surface area (Å²) in [7, 11) is 0. The third-order valence-electron chi connectivity index (χ3n) is 7.04. The summed E-state index contributed by atoms with van der Waals surface area (Å²) in [6.45, 7) is 0.227. The van der Waals surface area contributed by atoms with E-state index in [0.717, 1.165) is 6.07 Å². The van der Waals surface area contributed by atoms with E-state index in [0.29, 0.717) is 41.4 Å². The maximum absolute atomic E-state index is 15.0. The Balaban J connectivity index is 1.62. The van der Waals surface area contributed by atoms with Crippen molar-refractivity contribution >= 4 is 22.7 Å². The van der Waals surface area contributed by atoms with Gasteiger partial charge >= 0.3 is 0 Å². The second-order valence-electron chi connectivity index (χ2n) is 9.70. The Labute approximate surface area is 223 Å². The number of aliphatic hydroxyl groups excluding tert-OH is 1. The van der Waals surface area contributed by atoms with Crippen LogP contribution in [-0.2, 0) is 6.54 Å². The van der Waals surface area contributed by atoms with Gasteiger partial charge in [0, 0.05) is 18.7 Å². The smallest absolute Gasteiger partial charge is 0.266 e. The molecule has 0 aliphatic carbocycles. The van der Waals surface area contributed by atoms with Gasteiger partial charge in [0.2, 0.25) is 0 Å². The number of anilines is 2. The van der Waals surface area contributed by atoms with Crippen LogP contribution in [0.3, 0.4) is 0 Å². The lowest BCUT2D eigenvalue weighted by Gasteiger charge is -2.44. The molecule has 0 spiro atoms. The van der Waals surface area contributed by atoms with Crippen LogP contribution in [0.4, 0.5) is 37.8 Å². The predicted octanol–water partition coefficient (Wildman–Crippen LogP) is 3.66. The largest absolute Gasteiger partial charge is 0.385 e. The zero-order chi connectivity index (χ0) is 28.8. The molecule has 9 nitrogen and oxygen atoms in total. The first-order chi connectivity index (χ1) is 19.0. The molecule has 1 aliphatic heterocycles. The number of piperidine rings is 1. The van der Waals surface area contributed by atoms with E-state index in [4.69, 9.17) is 11.5 Å². The average molecular weight is 567 g/mol. The minimum absolute atomic E-state index is 0.0158. The Morgan fingerprint density at radius 1 is 1.05 bits per heavy atom. The number of pyridine rings is 1. The molecule has 15 heteroatoms. The summed E-state index contributed by atoms with van der Waals surface area (Å²) in [6, 6.07) is 2.57. The van der Waals surface area contributed by atoms with Gasteiger partial charge in [-0.2, -0.15) is 0 Å². The van der Waals surface area contributed by atoms with Crippen molar-refractivity contribution in [3.8, 4) is 11.3 Å². The van der Waals surface area contributed by atoms with Crippen molar-refractivity contribution in [3.63, 3.8) is 0 Å². The molecule has 0 saturated carbocycles. The maximum atomic E-state index is 15.0. The van der Waals surface area contributed by atoms with Crippen molar-refractivity contribution in [1.82, 2.24) is 24.5 Å². The van der Waals surface area contributed by atoms with E-state index in [1.54, 1.807) is 9.47 Å². The minimum Gasteiger partial charge on any atom is -0.385 e. The van der Waals surface area contributed by atoms with Crippen molar-refractivity contribution in [2.45, 2.75) is 43.9 Å². The monoisotopic (exact) mass is 566 g/mol. The van der Waals surface area contributed by atoms with Gasteiger partial charge in [0.15, 0.2) is 11.5 Å². The number of fused-ring (bicyclic) bond motifs is 1. The number of hydrogen-bond acceptors (Lipinski definition) is 8. The molecule has 1 aromatic carbocycles. The molecule has 5 rings (SSSR count). The fourth-order valence-corrected chi connectivity index (χ4v) is 5.01. The van der Waals surface area contributed by atoms with Crippen LogP contribution >= 0.6 is 0 Å². The fraction of sp³-hybridized carbons (Fsp3) is 0.360. The molecule has 1 aliphatic rings. The first-order valence-electron chi connectivity index (χ1n) is 12.2. The second-order valence-corrected chi connectivity index (χ2v) is 9.70. The van der Waals surface area contributed by atoms with Crippen LogP contribution in [0, 0.1) is 11.6 Å². The molecule has 1 saturated heterocycles. The lowest BCUT2D eigenvalue weighted by molar-refractivity contribution is -0.0529. The third kappa shape index (κ3) is 5.01. The van der Waals surface area contributed by atoms with E-state index in [2.05, 4.69) is 19.9 Å². The lowest BCUT2D eigenvalue weighted by atomic mass is 9.84. The lowest BCUT2D eigenvalue weighted by Crippen LogP contribution is -2.63. The fourth-order valence-electron chi connectivity index (χ4n) is 5.01. The number of nitrogen functional groups attached to an aromatic ring is 1. The van der Waals surface area contributed by atoms with E-state index in [1.807, 2.05) is 0 Å². The number of alkyl halides is 4. The number of hydrogen-bond donors (Lipinski definition) is 3. The Hall–Kier alpha value is -3.98. The highest BCUT2D eigenvalue weighted by Crippen LogP contribution is 2.35. The van der Waals surface area contributed by atoms with Gasteiger partial charge in [-0.05, 0) is 36.6 Å². The molecule has 0 radical (unpaired) electrons. The molecule has 0 unspecified atom stereocenters. The second kappa shape index (κ2) is 10.5. The van der Waals surface area contributed by atoms with Gasteiger partial charge in [0.05, 0.1) is 41.6 Å². The van der Waals surface area contributed by atoms with Crippen molar-refractivity contribution in [3.05, 3.63) is 59.8 Å². The van der Waals surface area contributed by atoms with Gasteiger partial charge < -0.3 is 26.0 Å². The number of aromatic nitrogens is 5. The summed E-state index contributed by atoms with van der Waals surface area (Å²) < 4.78 is 84.3. The molecule has 1 fully saturated rings. The number of aliphatic hydroxyl groups is 1. The zero-order valence-electron chi connectivity index (χ0n) is 20.8. The first-order valence-corrected chi connectivity index (χ1v) is 12.2. The Morgan fingerprint density at radius 3 is 2.55 bits per heavy atom. The van der Waals surface area contributed by atoms with Crippen molar-refractivity contribution in [2.24, 2.45) is 5.73 Å². The molecule has 4 aromatic rings. The highest BCUT2D eigenvalue weighted by Gasteiger charge is 2.43. The van der Waals surface area contributed by atoms with Crippen LogP contribution in [-0.4, -0.2) is 60.8 Å². The summed E-state index contributed by atoms with van der Waals surface area (Å²) in [5.41, 5.74) is 10.2. The average Bonchev–Trinajstić information content (AvgIpc) is 3.33. The van der Waals surface area contributed by atoms with Crippen LogP contribution in [0.2, 0.25) is 0 Å². The molecule has 2 atom stereocenters. The van der Waals surface area contributed by atoms with E-state index in [1.165, 1.54) is 24.9 Å². The third-order valence-corrected chi connectivity index (χ3v) is 7.04. The molecule has 5 N–H and O–H groups in total. The van der Waals surface area contributed by atoms with Crippen molar-refractivity contribution in [2.75, 3.05) is 23.7 Å². The van der Waals surface area contributed by atoms with Crippen LogP contribution < -0.4 is 16.4 Å². The SMILES string of the molecule is Nc1ncnc2c1ncn2Cc1cc(-c2cc(F)cc(C(F)F)c2F)ncc1N1CCC[C@](N)([C@@H](O)C(F)F)C1. The van der Waals surface area contributed by atoms with E-state index in [9.17, 15) is 27.1 Å². The van der Waals surface area contributed by atoms with Gasteiger partial charge in [-0.15, -0.1) is 0 Å². The summed E-state index contributed by atoms with van der Waals surface area (Å²) >= 11 is 0. The summed E-state index contributed by atoms with van der Waals surface area (Å²) in [4.78, 5) is 18.2. The summed E-state index contributed by atoms with van der Waals surface area (Å²) in [5, 5.41) is 10.1. The quantitative estimate of drug-likeness (QED) is 0.289. The minimum atomic E-state index is -3.26. The Morgan fingerprint density at radius 2 is 1.82 bits per heavy atom. The molecular formula is C25H24F6N8O. The molecule has 212 valence electrons. The number of rotatable bonds is 7. The molecule has 4 heterocycles. The van der Waals surface area contributed by atoms with Crippen LogP contribution in [0.1, 0.15) is 30.4 Å². The molecule has 40 heavy (non-hydrogen) atoms. The number of nitrogens with zero attached hydrogens (tertiary/aromatic N) is 6. The van der Waals surface area contributed by atoms with Gasteiger partial charge in [-0.3, -0.25) is 4.98 Å². The predicted molar refractivity (Wildman–Crippen MR) is 134 cm³/mol. The normalized spacial score (nSPS) is 18.7. The molecule has 3 aromatic heterocycles. The summed E-state index contributed by atoms with van der Waals surface area (Å²) in [5.74, 6) is -2.27. The van der Waals surface area contributed by atoms with Gasteiger partial charge in [0.1, 0.15) is 29.6 Å². The van der Waals surface area contributed by atoms with Gasteiger partial charge in [0.25, 0.3) is 12.9 Å². The standard InChI is InChI=1S/C25H24F6N8O/c26-13-5-14(18(27)15(6-13)21(28)29)16-4-12(8-39-11-37-19-23(32)35-10-36-24(19)39)17(7-34-16)38-3-1-2-25(33,9-38)20(40)22(30)31/h4-7,10-11,20-22,40H,1-3,8-9,33H2,(H2,32,35,36)/t20-,25+/m0/s1.